The number of hydrogen-bond acceptors (Lipinski definition) is 5. The Bertz CT molecular complexity index is 1370. The van der Waals surface area contributed by atoms with Crippen LogP contribution >= 0.6 is 0 Å². The molecule has 0 aliphatic heterocycles. The van der Waals surface area contributed by atoms with Crippen LogP contribution in [0.1, 0.15) is 37.8 Å². The fourth-order valence-corrected chi connectivity index (χ4v) is 5.19. The average molecular weight is 584 g/mol. The molecule has 0 radical (unpaired) electrons. The number of benzene rings is 3. The van der Waals surface area contributed by atoms with Crippen LogP contribution in [0.3, 0.4) is 0 Å². The Kier molecular flexibility index (Phi) is 11.7. The highest BCUT2D eigenvalue weighted by Crippen LogP contribution is 2.23. The van der Waals surface area contributed by atoms with Crippen LogP contribution in [0, 0.1) is 5.82 Å². The summed E-state index contributed by atoms with van der Waals surface area (Å²) in [6.07, 6.45) is 2.90. The normalized spacial score (nSPS) is 11.9. The summed E-state index contributed by atoms with van der Waals surface area (Å²) in [6.45, 7) is 4.21. The lowest BCUT2D eigenvalue weighted by atomic mass is 10.0. The highest BCUT2D eigenvalue weighted by Gasteiger charge is 2.33. The molecular formula is C31H38FN3O5S. The van der Waals surface area contributed by atoms with E-state index >= 15 is 0 Å². The summed E-state index contributed by atoms with van der Waals surface area (Å²) >= 11 is 0. The number of nitrogens with one attached hydrogen (secondary N) is 1. The molecule has 0 unspecified atom stereocenters. The van der Waals surface area contributed by atoms with Crippen LogP contribution in [0.2, 0.25) is 0 Å². The fourth-order valence-electron chi connectivity index (χ4n) is 4.34. The number of anilines is 1. The van der Waals surface area contributed by atoms with E-state index in [0.717, 1.165) is 29.0 Å². The first kappa shape index (κ1) is 31.6. The molecule has 0 saturated carbocycles. The summed E-state index contributed by atoms with van der Waals surface area (Å²) in [5.74, 6) is -0.769. The molecule has 0 fully saturated rings. The molecular weight excluding hydrogens is 545 g/mol. The van der Waals surface area contributed by atoms with E-state index in [0.29, 0.717) is 24.5 Å². The number of amides is 2. The van der Waals surface area contributed by atoms with E-state index in [4.69, 9.17) is 4.74 Å². The molecule has 2 amide bonds. The Hall–Kier alpha value is -3.92. The predicted molar refractivity (Wildman–Crippen MR) is 159 cm³/mol. The summed E-state index contributed by atoms with van der Waals surface area (Å²) in [7, 11) is -3.88. The third kappa shape index (κ3) is 9.60. The Morgan fingerprint density at radius 3 is 2.17 bits per heavy atom. The van der Waals surface area contributed by atoms with Crippen molar-refractivity contribution in [3.8, 4) is 5.75 Å². The standard InChI is InChI=1S/C31H38FN3O5S/c1-4-6-20-33-31(37)29(21-24-10-8-7-9-11-24)34(22-25-12-14-26(32)15-13-25)30(36)23-35(41(3,38)39)27-16-18-28(19-17-27)40-5-2/h7-19,29H,4-6,20-23H2,1-3H3,(H,33,37)/t29-/m0/s1. The van der Waals surface area contributed by atoms with Crippen LogP contribution in [-0.4, -0.2) is 57.1 Å². The first-order chi connectivity index (χ1) is 19.6. The van der Waals surface area contributed by atoms with Gasteiger partial charge in [-0.25, -0.2) is 12.8 Å². The third-order valence-corrected chi connectivity index (χ3v) is 7.62. The van der Waals surface area contributed by atoms with Gasteiger partial charge in [0.2, 0.25) is 21.8 Å². The second-order valence-electron chi connectivity index (χ2n) is 9.69. The van der Waals surface area contributed by atoms with Crippen molar-refractivity contribution < 1.29 is 27.1 Å². The highest BCUT2D eigenvalue weighted by atomic mass is 32.2. The molecule has 8 nitrogen and oxygen atoms in total. The van der Waals surface area contributed by atoms with Gasteiger partial charge in [0.1, 0.15) is 24.2 Å². The molecule has 0 saturated heterocycles. The van der Waals surface area contributed by atoms with Crippen LogP contribution in [0.5, 0.6) is 5.75 Å². The van der Waals surface area contributed by atoms with E-state index < -0.39 is 34.3 Å². The molecule has 3 aromatic carbocycles. The maximum atomic E-state index is 14.0. The number of sulfonamides is 1. The fraction of sp³-hybridized carbons (Fsp3) is 0.355. The van der Waals surface area contributed by atoms with Crippen molar-refractivity contribution in [1.82, 2.24) is 10.2 Å². The molecule has 3 rings (SSSR count). The van der Waals surface area contributed by atoms with Gasteiger partial charge in [0.05, 0.1) is 18.6 Å². The van der Waals surface area contributed by atoms with Crippen LogP contribution in [0.15, 0.2) is 78.9 Å². The zero-order valence-electron chi connectivity index (χ0n) is 23.8. The van der Waals surface area contributed by atoms with E-state index in [1.165, 1.54) is 17.0 Å². The Labute approximate surface area is 242 Å². The summed E-state index contributed by atoms with van der Waals surface area (Å²) in [5, 5.41) is 2.93. The lowest BCUT2D eigenvalue weighted by Gasteiger charge is -2.33. The molecule has 0 aromatic heterocycles. The monoisotopic (exact) mass is 583 g/mol. The van der Waals surface area contributed by atoms with Gasteiger partial charge in [-0.2, -0.15) is 0 Å². The van der Waals surface area contributed by atoms with Crippen LogP contribution in [0.4, 0.5) is 10.1 Å². The van der Waals surface area contributed by atoms with Crippen molar-refractivity contribution in [2.75, 3.05) is 30.3 Å². The van der Waals surface area contributed by atoms with Crippen molar-refractivity contribution in [2.24, 2.45) is 0 Å². The second-order valence-corrected chi connectivity index (χ2v) is 11.6. The third-order valence-electron chi connectivity index (χ3n) is 6.48. The van der Waals surface area contributed by atoms with Gasteiger partial charge in [0.25, 0.3) is 0 Å². The maximum Gasteiger partial charge on any atom is 0.244 e. The number of ether oxygens (including phenoxy) is 1. The minimum Gasteiger partial charge on any atom is -0.494 e. The second kappa shape index (κ2) is 15.2. The lowest BCUT2D eigenvalue weighted by molar-refractivity contribution is -0.140. The van der Waals surface area contributed by atoms with Gasteiger partial charge in [0, 0.05) is 19.5 Å². The van der Waals surface area contributed by atoms with Gasteiger partial charge in [-0.1, -0.05) is 55.8 Å². The molecule has 0 spiro atoms. The Morgan fingerprint density at radius 2 is 1.59 bits per heavy atom. The molecule has 0 heterocycles. The van der Waals surface area contributed by atoms with Gasteiger partial charge >= 0.3 is 0 Å². The molecule has 3 aromatic rings. The van der Waals surface area contributed by atoms with Crippen LogP contribution < -0.4 is 14.4 Å². The first-order valence-electron chi connectivity index (χ1n) is 13.7. The van der Waals surface area contributed by atoms with Crippen molar-refractivity contribution in [3.05, 3.63) is 95.8 Å². The molecule has 220 valence electrons. The van der Waals surface area contributed by atoms with Gasteiger partial charge in [0.15, 0.2) is 0 Å². The Balaban J connectivity index is 2.00. The SMILES string of the molecule is CCCCNC(=O)[C@H](Cc1ccccc1)N(Cc1ccc(F)cc1)C(=O)CN(c1ccc(OCC)cc1)S(C)(=O)=O. The van der Waals surface area contributed by atoms with E-state index in [1.54, 1.807) is 36.4 Å². The number of nitrogens with zero attached hydrogens (tertiary/aromatic N) is 2. The van der Waals surface area contributed by atoms with Gasteiger partial charge in [-0.15, -0.1) is 0 Å². The number of hydrogen-bond donors (Lipinski definition) is 1. The number of halogens is 1. The van der Waals surface area contributed by atoms with Gasteiger partial charge in [-0.3, -0.25) is 13.9 Å². The van der Waals surface area contributed by atoms with Gasteiger partial charge < -0.3 is 15.0 Å². The van der Waals surface area contributed by atoms with Gasteiger partial charge in [-0.05, 0) is 60.9 Å². The molecule has 0 aliphatic carbocycles. The van der Waals surface area contributed by atoms with Crippen molar-refractivity contribution in [3.63, 3.8) is 0 Å². The number of carbonyl (C=O) groups is 2. The number of unbranched alkanes of at least 4 members (excludes halogenated alkanes) is 1. The van der Waals surface area contributed by atoms with E-state index in [2.05, 4.69) is 5.32 Å². The minimum atomic E-state index is -3.88. The zero-order chi connectivity index (χ0) is 29.8. The number of rotatable bonds is 15. The Morgan fingerprint density at radius 1 is 0.927 bits per heavy atom. The highest BCUT2D eigenvalue weighted by molar-refractivity contribution is 7.92. The molecule has 0 aliphatic rings. The van der Waals surface area contributed by atoms with E-state index in [9.17, 15) is 22.4 Å². The van der Waals surface area contributed by atoms with Crippen molar-refractivity contribution in [1.29, 1.82) is 0 Å². The van der Waals surface area contributed by atoms with E-state index in [1.807, 2.05) is 44.2 Å². The molecule has 0 bridgehead atoms. The molecule has 10 heteroatoms. The summed E-state index contributed by atoms with van der Waals surface area (Å²) in [4.78, 5) is 29.0. The van der Waals surface area contributed by atoms with Crippen LogP contribution in [-0.2, 0) is 32.6 Å². The largest absolute Gasteiger partial charge is 0.494 e. The van der Waals surface area contributed by atoms with Crippen LogP contribution in [0.25, 0.3) is 0 Å². The minimum absolute atomic E-state index is 0.0152. The molecule has 1 atom stereocenters. The lowest BCUT2D eigenvalue weighted by Crippen LogP contribution is -2.53. The quantitative estimate of drug-likeness (QED) is 0.265. The smallest absolute Gasteiger partial charge is 0.244 e. The van der Waals surface area contributed by atoms with E-state index in [-0.39, 0.29) is 24.6 Å². The van der Waals surface area contributed by atoms with Crippen molar-refractivity contribution in [2.45, 2.75) is 45.7 Å². The zero-order valence-corrected chi connectivity index (χ0v) is 24.6. The summed E-state index contributed by atoms with van der Waals surface area (Å²) in [6, 6.07) is 20.5. The number of carbonyl (C=O) groups excluding carboxylic acids is 2. The summed E-state index contributed by atoms with van der Waals surface area (Å²) < 4.78 is 45.9. The first-order valence-corrected chi connectivity index (χ1v) is 15.5. The topological polar surface area (TPSA) is 96.0 Å². The van der Waals surface area contributed by atoms with Crippen molar-refractivity contribution >= 4 is 27.5 Å². The average Bonchev–Trinajstić information content (AvgIpc) is 2.95. The maximum absolute atomic E-state index is 14.0. The summed E-state index contributed by atoms with van der Waals surface area (Å²) in [5.41, 5.74) is 1.73. The molecule has 1 N–H and O–H groups in total. The molecule has 41 heavy (non-hydrogen) atoms. The predicted octanol–water partition coefficient (Wildman–Crippen LogP) is 4.55.